The van der Waals surface area contributed by atoms with Crippen molar-refractivity contribution >= 4 is 0 Å². The molecule has 0 aromatic heterocycles. The first-order chi connectivity index (χ1) is 5.15. The number of hydrogen-bond acceptors (Lipinski definition) is 5. The average Bonchev–Trinajstić information content (AvgIpc) is 1.97. The summed E-state index contributed by atoms with van der Waals surface area (Å²) in [5, 5.41) is 35.2. The van der Waals surface area contributed by atoms with Crippen LogP contribution in [-0.4, -0.2) is 45.5 Å². The van der Waals surface area contributed by atoms with Crippen LogP contribution < -0.4 is 0 Å². The van der Waals surface area contributed by atoms with Crippen LogP contribution in [0.15, 0.2) is 11.8 Å². The minimum Gasteiger partial charge on any atom is -0.507 e. The first-order valence-electron chi connectivity index (χ1n) is 3.18. The summed E-state index contributed by atoms with van der Waals surface area (Å²) in [4.78, 5) is 0. The molecule has 0 amide bonds. The van der Waals surface area contributed by atoms with E-state index in [1.807, 2.05) is 0 Å². The maximum absolute atomic E-state index is 9.02. The number of ether oxygens (including phenoxy) is 1. The molecule has 0 fully saturated rings. The average molecular weight is 162 g/mol. The van der Waals surface area contributed by atoms with Gasteiger partial charge in [0.2, 0.25) is 6.29 Å². The van der Waals surface area contributed by atoms with Crippen LogP contribution in [0.4, 0.5) is 0 Å². The molecule has 0 saturated carbocycles. The fraction of sp³-hybridized carbons (Fsp3) is 0.667. The summed E-state index contributed by atoms with van der Waals surface area (Å²) in [7, 11) is 0. The lowest BCUT2D eigenvalue weighted by Gasteiger charge is -2.26. The highest BCUT2D eigenvalue weighted by Crippen LogP contribution is 2.15. The zero-order chi connectivity index (χ0) is 8.43. The molecule has 3 unspecified atom stereocenters. The Bertz CT molecular complexity index is 166. The molecular weight excluding hydrogens is 152 g/mol. The van der Waals surface area contributed by atoms with Crippen molar-refractivity contribution in [3.05, 3.63) is 11.8 Å². The second-order valence-electron chi connectivity index (χ2n) is 2.29. The van der Waals surface area contributed by atoms with Gasteiger partial charge < -0.3 is 25.2 Å². The predicted molar refractivity (Wildman–Crippen MR) is 34.7 cm³/mol. The van der Waals surface area contributed by atoms with Crippen LogP contribution in [0.2, 0.25) is 0 Å². The monoisotopic (exact) mass is 162 g/mol. The maximum atomic E-state index is 9.02. The Labute approximate surface area is 63.2 Å². The van der Waals surface area contributed by atoms with Crippen molar-refractivity contribution in [3.63, 3.8) is 0 Å². The van der Waals surface area contributed by atoms with Gasteiger partial charge in [-0.2, -0.15) is 0 Å². The van der Waals surface area contributed by atoms with Crippen LogP contribution in [0, 0.1) is 0 Å². The topological polar surface area (TPSA) is 90.2 Å². The number of aliphatic hydroxyl groups is 4. The van der Waals surface area contributed by atoms with Crippen molar-refractivity contribution in [3.8, 4) is 0 Å². The third-order valence-corrected chi connectivity index (χ3v) is 1.46. The van der Waals surface area contributed by atoms with Crippen LogP contribution >= 0.6 is 0 Å². The third kappa shape index (κ3) is 1.69. The Balaban J connectivity index is 2.67. The van der Waals surface area contributed by atoms with E-state index >= 15 is 0 Å². The van der Waals surface area contributed by atoms with E-state index in [1.54, 1.807) is 0 Å². The molecule has 0 aromatic carbocycles. The molecule has 0 radical (unpaired) electrons. The highest BCUT2D eigenvalue weighted by molar-refractivity contribution is 5.04. The van der Waals surface area contributed by atoms with Crippen LogP contribution in [0.3, 0.4) is 0 Å². The van der Waals surface area contributed by atoms with E-state index < -0.39 is 30.9 Å². The molecule has 0 spiro atoms. The summed E-state index contributed by atoms with van der Waals surface area (Å²) >= 11 is 0. The zero-order valence-corrected chi connectivity index (χ0v) is 5.71. The van der Waals surface area contributed by atoms with E-state index in [9.17, 15) is 0 Å². The lowest BCUT2D eigenvalue weighted by Crippen LogP contribution is -2.40. The number of aliphatic hydroxyl groups excluding tert-OH is 4. The quantitative estimate of drug-likeness (QED) is 0.376. The van der Waals surface area contributed by atoms with Crippen LogP contribution in [-0.2, 0) is 4.74 Å². The summed E-state index contributed by atoms with van der Waals surface area (Å²) in [5.41, 5.74) is 0. The van der Waals surface area contributed by atoms with Crippen molar-refractivity contribution in [2.45, 2.75) is 18.5 Å². The molecule has 3 atom stereocenters. The van der Waals surface area contributed by atoms with E-state index in [0.717, 1.165) is 6.08 Å². The molecule has 5 nitrogen and oxygen atoms in total. The summed E-state index contributed by atoms with van der Waals surface area (Å²) in [6.45, 7) is -0.401. The van der Waals surface area contributed by atoms with Gasteiger partial charge in [0.15, 0.2) is 0 Å². The van der Waals surface area contributed by atoms with Crippen LogP contribution in [0.25, 0.3) is 0 Å². The first kappa shape index (κ1) is 8.48. The molecule has 1 heterocycles. The van der Waals surface area contributed by atoms with Crippen molar-refractivity contribution in [1.29, 1.82) is 0 Å². The fourth-order valence-corrected chi connectivity index (χ4v) is 0.831. The molecule has 1 rings (SSSR count). The summed E-state index contributed by atoms with van der Waals surface area (Å²) in [5.74, 6) is -0.429. The molecule has 0 aliphatic carbocycles. The largest absolute Gasteiger partial charge is 0.507 e. The molecule has 0 bridgehead atoms. The Kier molecular flexibility index (Phi) is 2.45. The fourth-order valence-electron chi connectivity index (χ4n) is 0.831. The van der Waals surface area contributed by atoms with Gasteiger partial charge in [-0.25, -0.2) is 0 Å². The molecule has 1 aliphatic rings. The van der Waals surface area contributed by atoms with Gasteiger partial charge in [0.1, 0.15) is 18.0 Å². The van der Waals surface area contributed by atoms with E-state index in [1.165, 1.54) is 0 Å². The SMILES string of the molecule is OCC1OC(O)C(O)=CC1O. The van der Waals surface area contributed by atoms with Crippen molar-refractivity contribution < 1.29 is 25.2 Å². The summed E-state index contributed by atoms with van der Waals surface area (Å²) < 4.78 is 4.60. The second kappa shape index (κ2) is 3.19. The molecule has 11 heavy (non-hydrogen) atoms. The van der Waals surface area contributed by atoms with Gasteiger partial charge in [0.25, 0.3) is 0 Å². The van der Waals surface area contributed by atoms with Gasteiger partial charge in [0, 0.05) is 0 Å². The molecule has 4 N–H and O–H groups in total. The predicted octanol–water partition coefficient (Wildman–Crippen LogP) is -1.50. The zero-order valence-electron chi connectivity index (χ0n) is 5.71. The number of rotatable bonds is 1. The van der Waals surface area contributed by atoms with E-state index in [4.69, 9.17) is 20.4 Å². The second-order valence-corrected chi connectivity index (χ2v) is 2.29. The normalized spacial score (nSPS) is 38.5. The Morgan fingerprint density at radius 3 is 2.64 bits per heavy atom. The lowest BCUT2D eigenvalue weighted by atomic mass is 10.1. The molecule has 5 heteroatoms. The summed E-state index contributed by atoms with van der Waals surface area (Å²) in [6.07, 6.45) is -2.32. The van der Waals surface area contributed by atoms with Crippen molar-refractivity contribution in [1.82, 2.24) is 0 Å². The Hall–Kier alpha value is -0.620. The minimum absolute atomic E-state index is 0.401. The summed E-state index contributed by atoms with van der Waals surface area (Å²) in [6, 6.07) is 0. The van der Waals surface area contributed by atoms with Crippen LogP contribution in [0.1, 0.15) is 0 Å². The molecule has 0 aromatic rings. The highest BCUT2D eigenvalue weighted by Gasteiger charge is 2.28. The van der Waals surface area contributed by atoms with Gasteiger partial charge in [-0.3, -0.25) is 0 Å². The Morgan fingerprint density at radius 1 is 1.45 bits per heavy atom. The van der Waals surface area contributed by atoms with Crippen molar-refractivity contribution in [2.24, 2.45) is 0 Å². The molecule has 64 valence electrons. The first-order valence-corrected chi connectivity index (χ1v) is 3.18. The van der Waals surface area contributed by atoms with Gasteiger partial charge in [0.05, 0.1) is 6.61 Å². The minimum atomic E-state index is -1.43. The third-order valence-electron chi connectivity index (χ3n) is 1.46. The molecular formula is C6H10O5. The lowest BCUT2D eigenvalue weighted by molar-refractivity contribution is -0.175. The van der Waals surface area contributed by atoms with Gasteiger partial charge in [-0.15, -0.1) is 0 Å². The maximum Gasteiger partial charge on any atom is 0.214 e. The highest BCUT2D eigenvalue weighted by atomic mass is 16.6. The van der Waals surface area contributed by atoms with Crippen LogP contribution in [0.5, 0.6) is 0 Å². The standard InChI is InChI=1S/C6H10O5/c7-2-5-3(8)1-4(9)6(10)11-5/h1,3,5-10H,2H2. The van der Waals surface area contributed by atoms with E-state index in [2.05, 4.69) is 4.74 Å². The number of hydrogen-bond donors (Lipinski definition) is 4. The van der Waals surface area contributed by atoms with Gasteiger partial charge in [-0.05, 0) is 6.08 Å². The van der Waals surface area contributed by atoms with E-state index in [0.29, 0.717) is 0 Å². The molecule has 0 saturated heterocycles. The Morgan fingerprint density at radius 2 is 2.09 bits per heavy atom. The van der Waals surface area contributed by atoms with Crippen molar-refractivity contribution in [2.75, 3.05) is 6.61 Å². The smallest absolute Gasteiger partial charge is 0.214 e. The molecule has 1 aliphatic heterocycles. The van der Waals surface area contributed by atoms with Gasteiger partial charge >= 0.3 is 0 Å². The van der Waals surface area contributed by atoms with Gasteiger partial charge in [-0.1, -0.05) is 0 Å². The van der Waals surface area contributed by atoms with E-state index in [-0.39, 0.29) is 0 Å².